The van der Waals surface area contributed by atoms with Crippen molar-refractivity contribution in [2.45, 2.75) is 374 Å². The van der Waals surface area contributed by atoms with Gasteiger partial charge in [-0.05, 0) is 109 Å². The van der Waals surface area contributed by atoms with Crippen molar-refractivity contribution in [3.8, 4) is 0 Å². The number of hydrogen-bond donors (Lipinski definition) is 0. The van der Waals surface area contributed by atoms with Gasteiger partial charge in [-0.1, -0.05) is 312 Å². The Morgan fingerprint density at radius 2 is 0.481 bits per heavy atom. The number of carbonyl (C=O) groups excluding carboxylic acids is 3. The zero-order chi connectivity index (χ0) is 58.5. The van der Waals surface area contributed by atoms with E-state index in [-0.39, 0.29) is 31.1 Å². The highest BCUT2D eigenvalue weighted by atomic mass is 16.6. The topological polar surface area (TPSA) is 78.9 Å². The summed E-state index contributed by atoms with van der Waals surface area (Å²) in [5.41, 5.74) is 0. The lowest BCUT2D eigenvalue weighted by Crippen LogP contribution is -2.30. The van der Waals surface area contributed by atoms with E-state index < -0.39 is 6.10 Å². The smallest absolute Gasteiger partial charge is 0.306 e. The molecule has 6 nitrogen and oxygen atoms in total. The zero-order valence-electron chi connectivity index (χ0n) is 54.1. The molecule has 0 amide bonds. The normalized spacial score (nSPS) is 12.5. The Labute approximate surface area is 503 Å². The van der Waals surface area contributed by atoms with Crippen LogP contribution in [0.1, 0.15) is 367 Å². The van der Waals surface area contributed by atoms with Crippen molar-refractivity contribution < 1.29 is 28.6 Å². The Morgan fingerprint density at radius 1 is 0.259 bits per heavy atom. The number of esters is 3. The number of allylic oxidation sites excluding steroid dienone is 12. The minimum absolute atomic E-state index is 0.0786. The average molecular weight is 1130 g/mol. The van der Waals surface area contributed by atoms with Gasteiger partial charge in [0, 0.05) is 19.3 Å². The summed E-state index contributed by atoms with van der Waals surface area (Å²) in [6, 6.07) is 0. The van der Waals surface area contributed by atoms with Crippen LogP contribution in [0.2, 0.25) is 0 Å². The predicted molar refractivity (Wildman–Crippen MR) is 353 cm³/mol. The minimum Gasteiger partial charge on any atom is -0.462 e. The fourth-order valence-electron chi connectivity index (χ4n) is 10.4. The largest absolute Gasteiger partial charge is 0.462 e. The summed E-state index contributed by atoms with van der Waals surface area (Å²) < 4.78 is 16.9. The van der Waals surface area contributed by atoms with Crippen molar-refractivity contribution in [3.63, 3.8) is 0 Å². The monoisotopic (exact) mass is 1130 g/mol. The Hall–Kier alpha value is -3.15. The molecule has 1 unspecified atom stereocenters. The van der Waals surface area contributed by atoms with E-state index in [2.05, 4.69) is 93.7 Å². The number of carbonyl (C=O) groups is 3. The van der Waals surface area contributed by atoms with E-state index in [4.69, 9.17) is 14.2 Å². The molecule has 0 saturated heterocycles. The molecule has 0 aliphatic carbocycles. The Kier molecular flexibility index (Phi) is 66.6. The molecule has 81 heavy (non-hydrogen) atoms. The molecule has 0 fully saturated rings. The molecule has 1 atom stereocenters. The SMILES string of the molecule is CC/C=C\C/C=C\C/C=C\CCCCCCCCCC(=O)OC(COC(=O)CCCCCCC/C=C\CCCCCC)COC(=O)CCCCCCCCCCCCCCCCCCCCCCC/C=C\C/C=C\CCCCCCC. The predicted octanol–water partition coefficient (Wildman–Crippen LogP) is 24.4. The van der Waals surface area contributed by atoms with E-state index in [9.17, 15) is 14.4 Å². The molecule has 0 radical (unpaired) electrons. The van der Waals surface area contributed by atoms with E-state index in [0.29, 0.717) is 19.3 Å². The van der Waals surface area contributed by atoms with E-state index in [0.717, 1.165) is 96.3 Å². The summed E-state index contributed by atoms with van der Waals surface area (Å²) in [5.74, 6) is -0.879. The Bertz CT molecular complexity index is 1490. The number of unbranched alkanes of at least 4 members (excludes halogenated alkanes) is 42. The van der Waals surface area contributed by atoms with Crippen molar-refractivity contribution in [1.29, 1.82) is 0 Å². The first-order chi connectivity index (χ1) is 40.0. The van der Waals surface area contributed by atoms with Crippen molar-refractivity contribution >= 4 is 17.9 Å². The first-order valence-electron chi connectivity index (χ1n) is 35.4. The second-order valence-corrected chi connectivity index (χ2v) is 23.8. The minimum atomic E-state index is -0.784. The summed E-state index contributed by atoms with van der Waals surface area (Å²) in [5, 5.41) is 0. The zero-order valence-corrected chi connectivity index (χ0v) is 54.1. The van der Waals surface area contributed by atoms with Crippen molar-refractivity contribution in [3.05, 3.63) is 72.9 Å². The third-order valence-electron chi connectivity index (χ3n) is 15.7. The van der Waals surface area contributed by atoms with Crippen LogP contribution in [0.4, 0.5) is 0 Å². The van der Waals surface area contributed by atoms with E-state index in [1.165, 1.54) is 231 Å². The van der Waals surface area contributed by atoms with Gasteiger partial charge in [0.05, 0.1) is 0 Å². The fourth-order valence-corrected chi connectivity index (χ4v) is 10.4. The highest BCUT2D eigenvalue weighted by Gasteiger charge is 2.19. The van der Waals surface area contributed by atoms with Crippen LogP contribution in [0.25, 0.3) is 0 Å². The molecule has 0 aliphatic rings. The maximum absolute atomic E-state index is 12.9. The molecule has 0 saturated carbocycles. The second-order valence-electron chi connectivity index (χ2n) is 23.8. The maximum Gasteiger partial charge on any atom is 0.306 e. The lowest BCUT2D eigenvalue weighted by molar-refractivity contribution is -0.167. The van der Waals surface area contributed by atoms with E-state index >= 15 is 0 Å². The van der Waals surface area contributed by atoms with Crippen LogP contribution >= 0.6 is 0 Å². The van der Waals surface area contributed by atoms with Gasteiger partial charge in [0.1, 0.15) is 13.2 Å². The lowest BCUT2D eigenvalue weighted by atomic mass is 10.0. The van der Waals surface area contributed by atoms with Gasteiger partial charge in [-0.25, -0.2) is 0 Å². The molecule has 0 N–H and O–H groups in total. The average Bonchev–Trinajstić information content (AvgIpc) is 3.46. The molecule has 0 spiro atoms. The summed E-state index contributed by atoms with van der Waals surface area (Å²) in [6.45, 7) is 6.53. The van der Waals surface area contributed by atoms with Gasteiger partial charge in [-0.2, -0.15) is 0 Å². The highest BCUT2D eigenvalue weighted by molar-refractivity contribution is 5.71. The van der Waals surface area contributed by atoms with Crippen LogP contribution in [0, 0.1) is 0 Å². The number of ether oxygens (including phenoxy) is 3. The highest BCUT2D eigenvalue weighted by Crippen LogP contribution is 2.18. The lowest BCUT2D eigenvalue weighted by Gasteiger charge is -2.18. The first kappa shape index (κ1) is 77.9. The second kappa shape index (κ2) is 69.3. The van der Waals surface area contributed by atoms with Crippen molar-refractivity contribution in [1.82, 2.24) is 0 Å². The van der Waals surface area contributed by atoms with Gasteiger partial charge in [-0.3, -0.25) is 14.4 Å². The molecule has 0 heterocycles. The van der Waals surface area contributed by atoms with Gasteiger partial charge in [0.15, 0.2) is 6.10 Å². The van der Waals surface area contributed by atoms with Gasteiger partial charge in [0.2, 0.25) is 0 Å². The van der Waals surface area contributed by atoms with Crippen LogP contribution in [-0.4, -0.2) is 37.2 Å². The van der Waals surface area contributed by atoms with Crippen LogP contribution in [0.5, 0.6) is 0 Å². The quantitative estimate of drug-likeness (QED) is 0.0261. The maximum atomic E-state index is 12.9. The fraction of sp³-hybridized carbons (Fsp3) is 0.800. The number of rotatable bonds is 65. The van der Waals surface area contributed by atoms with E-state index in [1.54, 1.807) is 0 Å². The molecule has 6 heteroatoms. The third-order valence-corrected chi connectivity index (χ3v) is 15.7. The molecule has 0 rings (SSSR count). The molecule has 0 aromatic rings. The first-order valence-corrected chi connectivity index (χ1v) is 35.4. The third kappa shape index (κ3) is 67.5. The standard InChI is InChI=1S/C75H134O6/c1-4-7-10-13-16-19-22-25-27-29-30-31-32-33-34-35-36-37-38-39-40-41-42-43-44-46-47-50-53-56-59-62-65-68-74(77)80-71-72(70-79-73(76)67-64-61-58-55-52-49-24-21-18-15-12-9-6-3)81-75(78)69-66-63-60-57-54-51-48-45-28-26-23-20-17-14-11-8-5-2/h8,11,17,20-22,24-26,28-30,72H,4-7,9-10,12-16,18-19,23,27,31-71H2,1-3H3/b11-8-,20-17-,24-21-,25-22-,28-26-,30-29-. The number of hydrogen-bond acceptors (Lipinski definition) is 6. The van der Waals surface area contributed by atoms with Gasteiger partial charge < -0.3 is 14.2 Å². The summed E-state index contributed by atoms with van der Waals surface area (Å²) in [4.78, 5) is 38.4. The molecule has 0 bridgehead atoms. The van der Waals surface area contributed by atoms with E-state index in [1.807, 2.05) is 0 Å². The Balaban J connectivity index is 4.14. The van der Waals surface area contributed by atoms with Crippen LogP contribution in [0.3, 0.4) is 0 Å². The summed E-state index contributed by atoms with van der Waals surface area (Å²) in [7, 11) is 0. The molecule has 470 valence electrons. The molecular formula is C75H134O6. The van der Waals surface area contributed by atoms with Crippen molar-refractivity contribution in [2.75, 3.05) is 13.2 Å². The van der Waals surface area contributed by atoms with Crippen LogP contribution < -0.4 is 0 Å². The molecular weight excluding hydrogens is 997 g/mol. The van der Waals surface area contributed by atoms with Crippen molar-refractivity contribution in [2.24, 2.45) is 0 Å². The molecule has 0 aliphatic heterocycles. The summed E-state index contributed by atoms with van der Waals surface area (Å²) in [6.07, 6.45) is 90.9. The molecule has 0 aromatic carbocycles. The van der Waals surface area contributed by atoms with Gasteiger partial charge in [-0.15, -0.1) is 0 Å². The summed E-state index contributed by atoms with van der Waals surface area (Å²) >= 11 is 0. The van der Waals surface area contributed by atoms with Crippen LogP contribution in [-0.2, 0) is 28.6 Å². The van der Waals surface area contributed by atoms with Gasteiger partial charge in [0.25, 0.3) is 0 Å². The van der Waals surface area contributed by atoms with Gasteiger partial charge >= 0.3 is 17.9 Å². The molecule has 0 aromatic heterocycles. The Morgan fingerprint density at radius 3 is 0.778 bits per heavy atom. The van der Waals surface area contributed by atoms with Crippen LogP contribution in [0.15, 0.2) is 72.9 Å².